The molecule has 1 heterocycles. The van der Waals surface area contributed by atoms with Gasteiger partial charge in [-0.3, -0.25) is 0 Å². The van der Waals surface area contributed by atoms with Gasteiger partial charge in [0.25, 0.3) is 0 Å². The highest BCUT2D eigenvalue weighted by Crippen LogP contribution is 2.23. The fourth-order valence-corrected chi connectivity index (χ4v) is 2.03. The number of nitrogens with zero attached hydrogens (tertiary/aromatic N) is 1. The lowest BCUT2D eigenvalue weighted by Crippen LogP contribution is -2.36. The van der Waals surface area contributed by atoms with E-state index in [0.29, 0.717) is 24.5 Å². The van der Waals surface area contributed by atoms with Crippen molar-refractivity contribution in [3.63, 3.8) is 0 Å². The molecule has 1 aromatic rings. The summed E-state index contributed by atoms with van der Waals surface area (Å²) < 4.78 is 19.2. The average molecular weight is 254 g/mol. The third-order valence-corrected chi connectivity index (χ3v) is 3.15. The van der Waals surface area contributed by atoms with E-state index >= 15 is 0 Å². The second-order valence-electron chi connectivity index (χ2n) is 3.97. The Balaban J connectivity index is 2.21. The van der Waals surface area contributed by atoms with Crippen molar-refractivity contribution in [3.05, 3.63) is 29.6 Å². The smallest absolute Gasteiger partial charge is 0.146 e. The van der Waals surface area contributed by atoms with Gasteiger partial charge in [0, 0.05) is 18.5 Å². The van der Waals surface area contributed by atoms with Crippen molar-refractivity contribution < 1.29 is 9.13 Å². The van der Waals surface area contributed by atoms with E-state index in [1.165, 1.54) is 11.4 Å². The number of nitrogens with two attached hydrogens (primary N) is 1. The normalized spacial score (nSPS) is 17.9. The predicted octanol–water partition coefficient (Wildman–Crippen LogP) is 1.66. The first-order chi connectivity index (χ1) is 8.22. The summed E-state index contributed by atoms with van der Waals surface area (Å²) >= 11 is 4.76. The van der Waals surface area contributed by atoms with E-state index in [1.54, 1.807) is 6.07 Å². The Hall–Kier alpha value is -1.04. The Morgan fingerprint density at radius 1 is 1.41 bits per heavy atom. The van der Waals surface area contributed by atoms with Gasteiger partial charge in [-0.15, -0.1) is 0 Å². The maximum Gasteiger partial charge on any atom is 0.146 e. The minimum atomic E-state index is -0.391. The third kappa shape index (κ3) is 2.80. The second kappa shape index (κ2) is 5.53. The molecule has 0 aromatic heterocycles. The zero-order valence-electron chi connectivity index (χ0n) is 9.43. The molecule has 1 atom stereocenters. The van der Waals surface area contributed by atoms with Gasteiger partial charge in [0.15, 0.2) is 0 Å². The first-order valence-electron chi connectivity index (χ1n) is 5.55. The van der Waals surface area contributed by atoms with Crippen molar-refractivity contribution >= 4 is 23.3 Å². The Labute approximate surface area is 105 Å². The van der Waals surface area contributed by atoms with E-state index in [4.69, 9.17) is 22.7 Å². The van der Waals surface area contributed by atoms with Crippen LogP contribution in [0.2, 0.25) is 0 Å². The van der Waals surface area contributed by atoms with E-state index in [0.717, 1.165) is 13.1 Å². The number of benzene rings is 1. The molecule has 1 fully saturated rings. The van der Waals surface area contributed by atoms with Crippen molar-refractivity contribution in [2.24, 2.45) is 5.73 Å². The van der Waals surface area contributed by atoms with E-state index in [2.05, 4.69) is 0 Å². The average Bonchev–Trinajstić information content (AvgIpc) is 2.38. The predicted molar refractivity (Wildman–Crippen MR) is 70.0 cm³/mol. The van der Waals surface area contributed by atoms with E-state index in [-0.39, 0.29) is 5.82 Å². The molecule has 1 saturated heterocycles. The van der Waals surface area contributed by atoms with Crippen LogP contribution in [-0.4, -0.2) is 31.7 Å². The number of ether oxygens (including phenoxy) is 1. The number of rotatable bonds is 3. The van der Waals surface area contributed by atoms with E-state index < -0.39 is 6.04 Å². The summed E-state index contributed by atoms with van der Waals surface area (Å²) in [6.45, 7) is 2.71. The summed E-state index contributed by atoms with van der Waals surface area (Å²) in [6, 6.07) is 4.65. The summed E-state index contributed by atoms with van der Waals surface area (Å²) in [5.41, 5.74) is 7.04. The molecular weight excluding hydrogens is 239 g/mol. The topological polar surface area (TPSA) is 38.5 Å². The van der Waals surface area contributed by atoms with Crippen LogP contribution in [0.5, 0.6) is 0 Å². The number of hydrogen-bond acceptors (Lipinski definition) is 4. The number of hydrogen-bond donors (Lipinski definition) is 1. The largest absolute Gasteiger partial charge is 0.378 e. The third-order valence-electron chi connectivity index (χ3n) is 2.86. The molecule has 5 heteroatoms. The van der Waals surface area contributed by atoms with Crippen molar-refractivity contribution in [2.45, 2.75) is 6.04 Å². The highest BCUT2D eigenvalue weighted by Gasteiger charge is 2.16. The van der Waals surface area contributed by atoms with E-state index in [1.807, 2.05) is 11.0 Å². The van der Waals surface area contributed by atoms with Gasteiger partial charge in [-0.25, -0.2) is 4.39 Å². The second-order valence-corrected chi connectivity index (χ2v) is 4.24. The Morgan fingerprint density at radius 2 is 2.12 bits per heavy atom. The van der Waals surface area contributed by atoms with Crippen LogP contribution in [0.4, 0.5) is 10.1 Å². The fraction of sp³-hybridized carbons (Fsp3) is 0.417. The molecule has 0 aliphatic carbocycles. The Morgan fingerprint density at radius 3 is 2.71 bits per heavy atom. The van der Waals surface area contributed by atoms with Crippen molar-refractivity contribution in [1.82, 2.24) is 0 Å². The maximum atomic E-state index is 13.9. The van der Waals surface area contributed by atoms with Crippen LogP contribution in [-0.2, 0) is 4.74 Å². The summed E-state index contributed by atoms with van der Waals surface area (Å²) in [6.07, 6.45) is 0. The quantitative estimate of drug-likeness (QED) is 0.833. The van der Waals surface area contributed by atoms with Gasteiger partial charge in [0.1, 0.15) is 5.82 Å². The van der Waals surface area contributed by atoms with Gasteiger partial charge in [-0.05, 0) is 17.7 Å². The van der Waals surface area contributed by atoms with Gasteiger partial charge in [-0.1, -0.05) is 18.3 Å². The highest BCUT2D eigenvalue weighted by molar-refractivity contribution is 7.79. The molecule has 3 nitrogen and oxygen atoms in total. The summed E-state index contributed by atoms with van der Waals surface area (Å²) in [5, 5.41) is 1.43. The minimum absolute atomic E-state index is 0.253. The lowest BCUT2D eigenvalue weighted by Gasteiger charge is -2.29. The summed E-state index contributed by atoms with van der Waals surface area (Å²) in [5.74, 6) is -0.253. The maximum absolute atomic E-state index is 13.9. The van der Waals surface area contributed by atoms with Crippen LogP contribution in [0, 0.1) is 5.82 Å². The van der Waals surface area contributed by atoms with Gasteiger partial charge >= 0.3 is 0 Å². The van der Waals surface area contributed by atoms with Crippen LogP contribution in [0.15, 0.2) is 18.2 Å². The van der Waals surface area contributed by atoms with Crippen LogP contribution in [0.3, 0.4) is 0 Å². The molecule has 0 radical (unpaired) electrons. The molecular formula is C12H15FN2OS. The van der Waals surface area contributed by atoms with Crippen molar-refractivity contribution in [2.75, 3.05) is 31.2 Å². The molecule has 1 aromatic carbocycles. The first kappa shape index (κ1) is 12.4. The molecule has 2 N–H and O–H groups in total. The molecule has 0 spiro atoms. The number of thiocarbonyl (C=S) groups is 1. The van der Waals surface area contributed by atoms with E-state index in [9.17, 15) is 4.39 Å². The molecule has 1 aliphatic heterocycles. The molecule has 1 unspecified atom stereocenters. The van der Waals surface area contributed by atoms with Crippen molar-refractivity contribution in [3.8, 4) is 0 Å². The molecule has 2 rings (SSSR count). The molecule has 0 saturated carbocycles. The fourth-order valence-electron chi connectivity index (χ4n) is 1.87. The SMILES string of the molecule is NC(C=S)c1ccc(N2CCOCC2)c(F)c1. The van der Waals surface area contributed by atoms with Crippen LogP contribution < -0.4 is 10.6 Å². The molecule has 17 heavy (non-hydrogen) atoms. The summed E-state index contributed by atoms with van der Waals surface area (Å²) in [4.78, 5) is 1.98. The summed E-state index contributed by atoms with van der Waals surface area (Å²) in [7, 11) is 0. The van der Waals surface area contributed by atoms with Gasteiger partial charge in [0.2, 0.25) is 0 Å². The lowest BCUT2D eigenvalue weighted by molar-refractivity contribution is 0.122. The standard InChI is InChI=1S/C12H15FN2OS/c13-10-7-9(11(14)8-17)1-2-12(10)15-3-5-16-6-4-15/h1-2,7-8,11H,3-6,14H2. The zero-order chi connectivity index (χ0) is 12.3. The number of morpholine rings is 1. The number of halogens is 1. The molecule has 92 valence electrons. The lowest BCUT2D eigenvalue weighted by atomic mass is 10.1. The van der Waals surface area contributed by atoms with Crippen LogP contribution in [0.25, 0.3) is 0 Å². The Kier molecular flexibility index (Phi) is 4.04. The minimum Gasteiger partial charge on any atom is -0.378 e. The number of anilines is 1. The van der Waals surface area contributed by atoms with Crippen LogP contribution >= 0.6 is 12.2 Å². The highest BCUT2D eigenvalue weighted by atomic mass is 32.1. The zero-order valence-corrected chi connectivity index (χ0v) is 10.3. The van der Waals surface area contributed by atoms with Crippen LogP contribution in [0.1, 0.15) is 11.6 Å². The molecule has 0 bridgehead atoms. The molecule has 0 amide bonds. The first-order valence-corrected chi connectivity index (χ1v) is 6.02. The van der Waals surface area contributed by atoms with Crippen molar-refractivity contribution in [1.29, 1.82) is 0 Å². The van der Waals surface area contributed by atoms with Gasteiger partial charge < -0.3 is 15.4 Å². The van der Waals surface area contributed by atoms with Gasteiger partial charge in [0.05, 0.1) is 24.9 Å². The van der Waals surface area contributed by atoms with Gasteiger partial charge in [-0.2, -0.15) is 0 Å². The monoisotopic (exact) mass is 254 g/mol. The molecule has 1 aliphatic rings. The Bertz CT molecular complexity index is 407.